The molecule has 0 unspecified atom stereocenters. The molecule has 2 saturated heterocycles. The van der Waals surface area contributed by atoms with Crippen LogP contribution < -0.4 is 4.74 Å². The second kappa shape index (κ2) is 18.8. The van der Waals surface area contributed by atoms with Crippen LogP contribution in [0.25, 0.3) is 0 Å². The summed E-state index contributed by atoms with van der Waals surface area (Å²) >= 11 is 4.22. The van der Waals surface area contributed by atoms with Gasteiger partial charge in [-0.15, -0.1) is 23.5 Å². The first kappa shape index (κ1) is 41.9. The lowest BCUT2D eigenvalue weighted by Crippen LogP contribution is -2.54. The molecule has 48 heavy (non-hydrogen) atoms. The van der Waals surface area contributed by atoms with E-state index in [2.05, 4.69) is 111 Å². The smallest absolute Gasteiger partial charge is 0.201 e. The molecule has 1 aromatic rings. The molecule has 3 rings (SSSR count). The largest absolute Gasteiger partial charge is 0.497 e. The Morgan fingerprint density at radius 2 is 1.50 bits per heavy atom. The molecule has 0 bridgehead atoms. The minimum Gasteiger partial charge on any atom is -0.497 e. The molecule has 0 aromatic heterocycles. The summed E-state index contributed by atoms with van der Waals surface area (Å²) in [7, 11) is 1.22. The van der Waals surface area contributed by atoms with E-state index < -0.39 is 14.1 Å². The van der Waals surface area contributed by atoms with E-state index in [0.717, 1.165) is 11.3 Å². The van der Waals surface area contributed by atoms with E-state index in [0.29, 0.717) is 40.3 Å². The lowest BCUT2D eigenvalue weighted by Gasteiger charge is -2.48. The van der Waals surface area contributed by atoms with Crippen molar-refractivity contribution in [1.82, 2.24) is 0 Å². The quantitative estimate of drug-likeness (QED) is 0.110. The minimum atomic E-state index is -2.26. The van der Waals surface area contributed by atoms with Crippen molar-refractivity contribution in [2.24, 2.45) is 17.8 Å². The lowest BCUT2D eigenvalue weighted by molar-refractivity contribution is -0.170. The van der Waals surface area contributed by atoms with Crippen LogP contribution in [0.1, 0.15) is 95.1 Å². The third-order valence-electron chi connectivity index (χ3n) is 10.6. The predicted molar refractivity (Wildman–Crippen MR) is 208 cm³/mol. The Hall–Kier alpha value is -0.523. The fraction of sp³-hybridized carbons (Fsp3) is 0.795. The predicted octanol–water partition coefficient (Wildman–Crippen LogP) is 10.4. The van der Waals surface area contributed by atoms with Crippen molar-refractivity contribution in [2.75, 3.05) is 32.3 Å². The Kier molecular flexibility index (Phi) is 16.4. The monoisotopic (exact) mass is 724 g/mol. The number of hydrogen-bond acceptors (Lipinski definition) is 8. The Morgan fingerprint density at radius 3 is 1.98 bits per heavy atom. The van der Waals surface area contributed by atoms with Gasteiger partial charge in [-0.05, 0) is 84.5 Å². The van der Waals surface area contributed by atoms with Gasteiger partial charge in [-0.25, -0.2) is 0 Å². The van der Waals surface area contributed by atoms with E-state index in [1.807, 2.05) is 26.0 Å². The van der Waals surface area contributed by atoms with Gasteiger partial charge in [0.2, 0.25) is 8.32 Å². The average Bonchev–Trinajstić information content (AvgIpc) is 3.40. The van der Waals surface area contributed by atoms with Crippen molar-refractivity contribution in [1.29, 1.82) is 0 Å². The van der Waals surface area contributed by atoms with E-state index in [-0.39, 0.29) is 36.3 Å². The molecule has 0 N–H and O–H groups in total. The van der Waals surface area contributed by atoms with E-state index in [1.54, 1.807) is 14.2 Å². The number of benzene rings is 1. The van der Waals surface area contributed by atoms with Gasteiger partial charge in [0.1, 0.15) is 11.9 Å². The van der Waals surface area contributed by atoms with Crippen molar-refractivity contribution in [2.45, 2.75) is 148 Å². The highest BCUT2D eigenvalue weighted by atomic mass is 32.2. The van der Waals surface area contributed by atoms with Crippen LogP contribution in [-0.4, -0.2) is 75.4 Å². The van der Waals surface area contributed by atoms with Crippen LogP contribution in [0.3, 0.4) is 0 Å². The molecule has 2 heterocycles. The maximum atomic E-state index is 7.78. The average molecular weight is 725 g/mol. The van der Waals surface area contributed by atoms with E-state index in [9.17, 15) is 0 Å². The zero-order valence-corrected chi connectivity index (χ0v) is 35.2. The summed E-state index contributed by atoms with van der Waals surface area (Å²) in [5.41, 5.74) is 3.83. The van der Waals surface area contributed by atoms with Crippen molar-refractivity contribution >= 4 is 31.8 Å². The Morgan fingerprint density at radius 1 is 0.917 bits per heavy atom. The number of rotatable bonds is 18. The molecule has 2 aliphatic rings. The summed E-state index contributed by atoms with van der Waals surface area (Å²) in [6.45, 7) is 28.5. The molecule has 7 atom stereocenters. The van der Waals surface area contributed by atoms with Crippen LogP contribution in [-0.2, 0) is 30.0 Å². The zero-order chi connectivity index (χ0) is 35.8. The molecule has 2 aliphatic heterocycles. The van der Waals surface area contributed by atoms with Crippen LogP contribution in [0.5, 0.6) is 5.75 Å². The van der Waals surface area contributed by atoms with E-state index in [1.165, 1.54) is 23.5 Å². The molecule has 0 saturated carbocycles. The number of ether oxygens (including phenoxy) is 5. The second-order valence-corrected chi connectivity index (χ2v) is 23.7. The van der Waals surface area contributed by atoms with Gasteiger partial charge in [-0.2, -0.15) is 0 Å². The van der Waals surface area contributed by atoms with Gasteiger partial charge in [-0.3, -0.25) is 0 Å². The third-order valence-corrected chi connectivity index (χ3v) is 20.1. The lowest BCUT2D eigenvalue weighted by atomic mass is 9.82. The first-order valence-electron chi connectivity index (χ1n) is 18.3. The fourth-order valence-electron chi connectivity index (χ4n) is 8.28. The highest BCUT2D eigenvalue weighted by Crippen LogP contribution is 2.46. The highest BCUT2D eigenvalue weighted by Gasteiger charge is 2.50. The number of hydrogen-bond donors (Lipinski definition) is 0. The zero-order valence-electron chi connectivity index (χ0n) is 32.5. The van der Waals surface area contributed by atoms with Gasteiger partial charge in [-0.1, -0.05) is 80.5 Å². The topological polar surface area (TPSA) is 55.4 Å². The number of allylic oxidation sites excluding steroid dienone is 1. The van der Waals surface area contributed by atoms with Gasteiger partial charge in [0.05, 0.1) is 43.2 Å². The molecule has 0 spiro atoms. The minimum absolute atomic E-state index is 0.000237. The van der Waals surface area contributed by atoms with Gasteiger partial charge >= 0.3 is 0 Å². The van der Waals surface area contributed by atoms with Crippen molar-refractivity contribution < 1.29 is 28.1 Å². The molecule has 0 radical (unpaired) electrons. The summed E-state index contributed by atoms with van der Waals surface area (Å²) in [6, 6.07) is 8.17. The van der Waals surface area contributed by atoms with Gasteiger partial charge in [0.25, 0.3) is 0 Å². The first-order chi connectivity index (χ1) is 22.6. The molecule has 6 nitrogen and oxygen atoms in total. The first-order valence-corrected chi connectivity index (χ1v) is 22.5. The molecule has 1 aromatic carbocycles. The molecule has 2 fully saturated rings. The summed E-state index contributed by atoms with van der Waals surface area (Å²) in [6.07, 6.45) is 3.15. The van der Waals surface area contributed by atoms with E-state index in [4.69, 9.17) is 28.1 Å². The Labute approximate surface area is 303 Å². The SMILES string of the molecule is COc1ccc(CO[C@H]([C@@H](C)[C@H](OC)[C@@H]2COC(C)(C)O2)[C@H](C)[C@@H](O[Si](C(C)C)(C(C)C)C(C)C)/C(C)=C/[C@H](C)C2SCCCS2)cc1. The fourth-order valence-corrected chi connectivity index (χ4v) is 16.9. The summed E-state index contributed by atoms with van der Waals surface area (Å²) < 4.78 is 39.5. The van der Waals surface area contributed by atoms with Crippen molar-refractivity contribution in [3.63, 3.8) is 0 Å². The standard InChI is InChI=1S/C39H68O6S2Si/c1-25(2)48(26(3)4,27(5)6)45-35(28(7)22-29(8)38-46-20-15-21-47-38)30(9)36(42-23-32-16-18-33(40-13)19-17-32)31(10)37(41-14)34-24-43-39(11,12)44-34/h16-19,22,25-27,29-31,34-38H,15,20-21,23-24H2,1-14H3/b28-22+/t29-,30+,31+,34-,35-,36-,37-/m0/s1. The van der Waals surface area contributed by atoms with E-state index >= 15 is 0 Å². The van der Waals surface area contributed by atoms with Crippen LogP contribution in [0.4, 0.5) is 0 Å². The Bertz CT molecular complexity index is 1100. The third kappa shape index (κ3) is 10.5. The molecule has 9 heteroatoms. The number of methoxy groups -OCH3 is 2. The summed E-state index contributed by atoms with van der Waals surface area (Å²) in [5, 5.41) is 0. The maximum absolute atomic E-state index is 7.78. The van der Waals surface area contributed by atoms with Crippen LogP contribution >= 0.6 is 23.5 Å². The normalized spacial score (nSPS) is 23.4. The van der Waals surface area contributed by atoms with Gasteiger partial charge in [0, 0.05) is 18.9 Å². The summed E-state index contributed by atoms with van der Waals surface area (Å²) in [4.78, 5) is 0. The summed E-state index contributed by atoms with van der Waals surface area (Å²) in [5.74, 6) is 3.18. The Balaban J connectivity index is 2.08. The molecule has 276 valence electrons. The van der Waals surface area contributed by atoms with Crippen LogP contribution in [0, 0.1) is 17.8 Å². The molecule has 0 aliphatic carbocycles. The van der Waals surface area contributed by atoms with Crippen LogP contribution in [0.2, 0.25) is 16.6 Å². The molecule has 0 amide bonds. The van der Waals surface area contributed by atoms with Crippen molar-refractivity contribution in [3.05, 3.63) is 41.5 Å². The van der Waals surface area contributed by atoms with Gasteiger partial charge < -0.3 is 28.1 Å². The highest BCUT2D eigenvalue weighted by molar-refractivity contribution is 8.17. The van der Waals surface area contributed by atoms with Gasteiger partial charge in [0.15, 0.2) is 5.79 Å². The second-order valence-electron chi connectivity index (χ2n) is 15.5. The number of thioether (sulfide) groups is 2. The van der Waals surface area contributed by atoms with Crippen molar-refractivity contribution in [3.8, 4) is 5.75 Å². The molecular weight excluding hydrogens is 657 g/mol. The molecular formula is C39H68O6S2Si. The van der Waals surface area contributed by atoms with Crippen LogP contribution in [0.15, 0.2) is 35.9 Å². The maximum Gasteiger partial charge on any atom is 0.201 e.